The first-order valence-corrected chi connectivity index (χ1v) is 9.53. The fourth-order valence-electron chi connectivity index (χ4n) is 2.94. The number of amides is 1. The van der Waals surface area contributed by atoms with E-state index >= 15 is 0 Å². The summed E-state index contributed by atoms with van der Waals surface area (Å²) in [6.07, 6.45) is 0. The van der Waals surface area contributed by atoms with Crippen molar-refractivity contribution in [3.63, 3.8) is 0 Å². The first-order valence-electron chi connectivity index (χ1n) is 8.77. The lowest BCUT2D eigenvalue weighted by molar-refractivity contribution is -0.143. The van der Waals surface area contributed by atoms with Crippen molar-refractivity contribution in [3.05, 3.63) is 63.9 Å². The molecule has 0 bridgehead atoms. The molecule has 6 nitrogen and oxygen atoms in total. The molecule has 0 aliphatic heterocycles. The number of esters is 1. The molecule has 0 saturated carbocycles. The number of rotatable bonds is 6. The van der Waals surface area contributed by atoms with Crippen LogP contribution in [0.25, 0.3) is 11.0 Å². The molecular weight excluding hydrogens is 401 g/mol. The molecule has 0 radical (unpaired) electrons. The van der Waals surface area contributed by atoms with Crippen LogP contribution in [0.15, 0.2) is 42.5 Å². The number of imidazole rings is 1. The third-order valence-corrected chi connectivity index (χ3v) is 4.74. The van der Waals surface area contributed by atoms with Crippen molar-refractivity contribution < 1.29 is 14.3 Å². The van der Waals surface area contributed by atoms with Gasteiger partial charge in [-0.05, 0) is 44.2 Å². The number of para-hydroxylation sites is 2. The molecule has 0 aliphatic carbocycles. The molecule has 1 atom stereocenters. The predicted octanol–water partition coefficient (Wildman–Crippen LogP) is 4.40. The van der Waals surface area contributed by atoms with Gasteiger partial charge in [0.2, 0.25) is 0 Å². The Morgan fingerprint density at radius 3 is 2.68 bits per heavy atom. The minimum absolute atomic E-state index is 0.00555. The van der Waals surface area contributed by atoms with E-state index < -0.39 is 6.04 Å². The molecule has 1 aromatic heterocycles. The molecule has 1 amide bonds. The van der Waals surface area contributed by atoms with Gasteiger partial charge in [-0.25, -0.2) is 4.98 Å². The summed E-state index contributed by atoms with van der Waals surface area (Å²) in [4.78, 5) is 29.3. The smallest absolute Gasteiger partial charge is 0.326 e. The lowest BCUT2D eigenvalue weighted by Gasteiger charge is -2.16. The highest BCUT2D eigenvalue weighted by atomic mass is 35.5. The summed E-state index contributed by atoms with van der Waals surface area (Å²) < 4.78 is 6.82. The van der Waals surface area contributed by atoms with Gasteiger partial charge in [0.15, 0.2) is 0 Å². The van der Waals surface area contributed by atoms with Gasteiger partial charge in [-0.3, -0.25) is 9.59 Å². The van der Waals surface area contributed by atoms with Crippen LogP contribution in [-0.2, 0) is 16.1 Å². The normalized spacial score (nSPS) is 12.0. The number of nitrogens with one attached hydrogen (secondary N) is 1. The van der Waals surface area contributed by atoms with E-state index in [1.165, 1.54) is 6.07 Å². The molecule has 1 N–H and O–H groups in total. The molecule has 0 saturated heterocycles. The number of hydrogen-bond donors (Lipinski definition) is 1. The summed E-state index contributed by atoms with van der Waals surface area (Å²) in [7, 11) is 0. The van der Waals surface area contributed by atoms with Crippen LogP contribution in [0.2, 0.25) is 10.0 Å². The van der Waals surface area contributed by atoms with Crippen molar-refractivity contribution in [2.45, 2.75) is 26.4 Å². The SMILES string of the molecule is CCOC(=O)Cn1c(C(C)NC(=O)c2ccc(Cl)cc2Cl)nc2ccccc21. The number of aromatic nitrogens is 2. The maximum Gasteiger partial charge on any atom is 0.326 e. The Bertz CT molecular complexity index is 1030. The molecule has 1 heterocycles. The average molecular weight is 420 g/mol. The summed E-state index contributed by atoms with van der Waals surface area (Å²) >= 11 is 12.0. The standard InChI is InChI=1S/C20H19Cl2N3O3/c1-3-28-18(26)11-25-17-7-5-4-6-16(17)24-19(25)12(2)23-20(27)14-9-8-13(21)10-15(14)22/h4-10,12H,3,11H2,1-2H3,(H,23,27). The molecule has 3 aromatic rings. The van der Waals surface area contributed by atoms with Crippen molar-refractivity contribution in [2.75, 3.05) is 6.61 Å². The zero-order valence-corrected chi connectivity index (χ0v) is 16.9. The van der Waals surface area contributed by atoms with Crippen LogP contribution in [0, 0.1) is 0 Å². The van der Waals surface area contributed by atoms with Crippen LogP contribution in [0.4, 0.5) is 0 Å². The maximum atomic E-state index is 12.6. The van der Waals surface area contributed by atoms with Crippen molar-refractivity contribution in [1.82, 2.24) is 14.9 Å². The van der Waals surface area contributed by atoms with Gasteiger partial charge >= 0.3 is 5.97 Å². The summed E-state index contributed by atoms with van der Waals surface area (Å²) in [5.41, 5.74) is 1.83. The highest BCUT2D eigenvalue weighted by molar-refractivity contribution is 6.36. The van der Waals surface area contributed by atoms with E-state index in [1.54, 1.807) is 30.5 Å². The fourth-order valence-corrected chi connectivity index (χ4v) is 3.43. The zero-order chi connectivity index (χ0) is 20.3. The van der Waals surface area contributed by atoms with Crippen LogP contribution in [0.5, 0.6) is 0 Å². The average Bonchev–Trinajstić information content (AvgIpc) is 3.00. The number of carbonyl (C=O) groups is 2. The number of ether oxygens (including phenoxy) is 1. The number of hydrogen-bond acceptors (Lipinski definition) is 4. The van der Waals surface area contributed by atoms with Gasteiger partial charge in [-0.2, -0.15) is 0 Å². The van der Waals surface area contributed by atoms with Crippen molar-refractivity contribution in [2.24, 2.45) is 0 Å². The third-order valence-electron chi connectivity index (χ3n) is 4.19. The minimum Gasteiger partial charge on any atom is -0.465 e. The molecule has 0 aliphatic rings. The van der Waals surface area contributed by atoms with Gasteiger partial charge < -0.3 is 14.6 Å². The Balaban J connectivity index is 1.91. The Morgan fingerprint density at radius 1 is 1.21 bits per heavy atom. The fraction of sp³-hybridized carbons (Fsp3) is 0.250. The third kappa shape index (κ3) is 4.29. The van der Waals surface area contributed by atoms with Crippen LogP contribution >= 0.6 is 23.2 Å². The van der Waals surface area contributed by atoms with E-state index in [4.69, 9.17) is 27.9 Å². The first-order chi connectivity index (χ1) is 13.4. The molecule has 1 unspecified atom stereocenters. The molecule has 0 fully saturated rings. The number of nitrogens with zero attached hydrogens (tertiary/aromatic N) is 2. The van der Waals surface area contributed by atoms with Gasteiger partial charge in [0.05, 0.1) is 34.3 Å². The van der Waals surface area contributed by atoms with Crippen molar-refractivity contribution >= 4 is 46.1 Å². The Hall–Kier alpha value is -2.57. The minimum atomic E-state index is -0.471. The van der Waals surface area contributed by atoms with E-state index in [1.807, 2.05) is 24.3 Å². The summed E-state index contributed by atoms with van der Waals surface area (Å²) in [5, 5.41) is 3.59. The van der Waals surface area contributed by atoms with E-state index in [9.17, 15) is 9.59 Å². The van der Waals surface area contributed by atoms with Crippen LogP contribution in [-0.4, -0.2) is 28.0 Å². The lowest BCUT2D eigenvalue weighted by Crippen LogP contribution is -2.29. The number of fused-ring (bicyclic) bond motifs is 1. The van der Waals surface area contributed by atoms with Crippen LogP contribution in [0.3, 0.4) is 0 Å². The Kier molecular flexibility index (Phi) is 6.21. The van der Waals surface area contributed by atoms with Crippen molar-refractivity contribution in [3.8, 4) is 0 Å². The molecular formula is C20H19Cl2N3O3. The predicted molar refractivity (Wildman–Crippen MR) is 109 cm³/mol. The second kappa shape index (κ2) is 8.63. The quantitative estimate of drug-likeness (QED) is 0.600. The second-order valence-corrected chi connectivity index (χ2v) is 7.01. The second-order valence-electron chi connectivity index (χ2n) is 6.17. The van der Waals surface area contributed by atoms with Crippen LogP contribution < -0.4 is 5.32 Å². The number of benzene rings is 2. The molecule has 3 rings (SSSR count). The molecule has 2 aromatic carbocycles. The van der Waals surface area contributed by atoms with Gasteiger partial charge in [0.1, 0.15) is 12.4 Å². The molecule has 0 spiro atoms. The molecule has 146 valence electrons. The Labute approximate surface area is 172 Å². The van der Waals surface area contributed by atoms with E-state index in [2.05, 4.69) is 10.3 Å². The summed E-state index contributed by atoms with van der Waals surface area (Å²) in [6.45, 7) is 3.85. The van der Waals surface area contributed by atoms with Gasteiger partial charge in [-0.15, -0.1) is 0 Å². The van der Waals surface area contributed by atoms with E-state index in [0.29, 0.717) is 23.0 Å². The highest BCUT2D eigenvalue weighted by Crippen LogP contribution is 2.24. The topological polar surface area (TPSA) is 73.2 Å². The van der Waals surface area contributed by atoms with E-state index in [-0.39, 0.29) is 23.4 Å². The van der Waals surface area contributed by atoms with Gasteiger partial charge in [0, 0.05) is 5.02 Å². The van der Waals surface area contributed by atoms with E-state index in [0.717, 1.165) is 11.0 Å². The molecule has 28 heavy (non-hydrogen) atoms. The first kappa shape index (κ1) is 20.2. The lowest BCUT2D eigenvalue weighted by atomic mass is 10.2. The monoisotopic (exact) mass is 419 g/mol. The number of halogens is 2. The van der Waals surface area contributed by atoms with Crippen LogP contribution in [0.1, 0.15) is 36.1 Å². The van der Waals surface area contributed by atoms with Crippen molar-refractivity contribution in [1.29, 1.82) is 0 Å². The van der Waals surface area contributed by atoms with Gasteiger partial charge in [0.25, 0.3) is 5.91 Å². The number of carbonyl (C=O) groups excluding carboxylic acids is 2. The molecule has 8 heteroatoms. The maximum absolute atomic E-state index is 12.6. The van der Waals surface area contributed by atoms with Gasteiger partial charge in [-0.1, -0.05) is 35.3 Å². The summed E-state index contributed by atoms with van der Waals surface area (Å²) in [6, 6.07) is 11.7. The largest absolute Gasteiger partial charge is 0.465 e. The highest BCUT2D eigenvalue weighted by Gasteiger charge is 2.21. The summed E-state index contributed by atoms with van der Waals surface area (Å²) in [5.74, 6) is -0.178. The Morgan fingerprint density at radius 2 is 1.96 bits per heavy atom. The zero-order valence-electron chi connectivity index (χ0n) is 15.4.